The van der Waals surface area contributed by atoms with E-state index in [1.54, 1.807) is 0 Å². The maximum absolute atomic E-state index is 12.8. The number of primary amides is 1. The van der Waals surface area contributed by atoms with Gasteiger partial charge in [0.25, 0.3) is 5.91 Å². The van der Waals surface area contributed by atoms with Gasteiger partial charge in [0, 0.05) is 5.56 Å². The van der Waals surface area contributed by atoms with Crippen molar-refractivity contribution in [1.82, 2.24) is 0 Å². The molecule has 0 aromatic heterocycles. The van der Waals surface area contributed by atoms with Crippen molar-refractivity contribution >= 4 is 29.1 Å². The van der Waals surface area contributed by atoms with Crippen molar-refractivity contribution in [3.8, 4) is 5.75 Å². The summed E-state index contributed by atoms with van der Waals surface area (Å²) in [7, 11) is 0. The molecule has 2 aromatic carbocycles. The molecule has 0 aliphatic heterocycles. The molecule has 0 spiro atoms. The minimum atomic E-state index is -4.56. The van der Waals surface area contributed by atoms with E-state index in [9.17, 15) is 22.8 Å². The predicted octanol–water partition coefficient (Wildman–Crippen LogP) is 3.86. The molecule has 0 aliphatic rings. The highest BCUT2D eigenvalue weighted by molar-refractivity contribution is 6.33. The normalized spacial score (nSPS) is 12.3. The standard InChI is InChI=1S/C17H14ClF3N2O3/c1-9(26-12-5-2-10(3-6-12)15(22)24)16(25)23-14-8-11(17(19,20)21)4-7-13(14)18/h2-9H,1H3,(H2,22,24)(H,23,25)/t9-/m0/s1. The first-order chi connectivity index (χ1) is 12.1. The summed E-state index contributed by atoms with van der Waals surface area (Å²) in [5, 5.41) is 2.26. The quantitative estimate of drug-likeness (QED) is 0.818. The van der Waals surface area contributed by atoms with Crippen molar-refractivity contribution < 1.29 is 27.5 Å². The Balaban J connectivity index is 2.08. The van der Waals surface area contributed by atoms with Crippen LogP contribution in [-0.4, -0.2) is 17.9 Å². The third-order valence-electron chi connectivity index (χ3n) is 3.37. The molecule has 3 N–H and O–H groups in total. The lowest BCUT2D eigenvalue weighted by Gasteiger charge is -2.16. The Kier molecular flexibility index (Phi) is 5.76. The van der Waals surface area contributed by atoms with Gasteiger partial charge in [-0.1, -0.05) is 11.6 Å². The van der Waals surface area contributed by atoms with E-state index < -0.39 is 29.7 Å². The predicted molar refractivity (Wildman–Crippen MR) is 90.1 cm³/mol. The molecule has 26 heavy (non-hydrogen) atoms. The number of alkyl halides is 3. The molecule has 2 rings (SSSR count). The van der Waals surface area contributed by atoms with Crippen molar-refractivity contribution in [3.63, 3.8) is 0 Å². The molecule has 2 amide bonds. The number of nitrogens with two attached hydrogens (primary N) is 1. The zero-order chi connectivity index (χ0) is 19.5. The number of ether oxygens (including phenoxy) is 1. The van der Waals surface area contributed by atoms with E-state index in [1.165, 1.54) is 31.2 Å². The van der Waals surface area contributed by atoms with Gasteiger partial charge in [-0.25, -0.2) is 0 Å². The SMILES string of the molecule is C[C@H](Oc1ccc(C(N)=O)cc1)C(=O)Nc1cc(C(F)(F)F)ccc1Cl. The molecule has 0 saturated heterocycles. The van der Waals surface area contributed by atoms with Crippen LogP contribution in [0, 0.1) is 0 Å². The molecule has 0 radical (unpaired) electrons. The van der Waals surface area contributed by atoms with E-state index in [0.717, 1.165) is 18.2 Å². The minimum Gasteiger partial charge on any atom is -0.481 e. The topological polar surface area (TPSA) is 81.4 Å². The van der Waals surface area contributed by atoms with Crippen LogP contribution in [0.15, 0.2) is 42.5 Å². The second-order valence-corrected chi connectivity index (χ2v) is 5.74. The van der Waals surface area contributed by atoms with Gasteiger partial charge in [-0.3, -0.25) is 9.59 Å². The van der Waals surface area contributed by atoms with Crippen LogP contribution in [0.1, 0.15) is 22.8 Å². The number of amides is 2. The second-order valence-electron chi connectivity index (χ2n) is 5.33. The van der Waals surface area contributed by atoms with Crippen LogP contribution in [0.3, 0.4) is 0 Å². The van der Waals surface area contributed by atoms with Gasteiger partial charge >= 0.3 is 6.18 Å². The third-order valence-corrected chi connectivity index (χ3v) is 3.70. The molecule has 0 heterocycles. The molecule has 0 fully saturated rings. The minimum absolute atomic E-state index is 0.0376. The zero-order valence-electron chi connectivity index (χ0n) is 13.4. The van der Waals surface area contributed by atoms with Crippen molar-refractivity contribution in [1.29, 1.82) is 0 Å². The van der Waals surface area contributed by atoms with Gasteiger partial charge in [-0.15, -0.1) is 0 Å². The van der Waals surface area contributed by atoms with Crippen LogP contribution < -0.4 is 15.8 Å². The van der Waals surface area contributed by atoms with Crippen LogP contribution in [0.5, 0.6) is 5.75 Å². The van der Waals surface area contributed by atoms with Gasteiger partial charge in [-0.2, -0.15) is 13.2 Å². The number of nitrogens with one attached hydrogen (secondary N) is 1. The number of rotatable bonds is 5. The zero-order valence-corrected chi connectivity index (χ0v) is 14.2. The second kappa shape index (κ2) is 7.65. The van der Waals surface area contributed by atoms with Crippen molar-refractivity contribution in [3.05, 3.63) is 58.6 Å². The van der Waals surface area contributed by atoms with Crippen molar-refractivity contribution in [2.45, 2.75) is 19.2 Å². The number of hydrogen-bond acceptors (Lipinski definition) is 3. The Morgan fingerprint density at radius 2 is 1.77 bits per heavy atom. The maximum Gasteiger partial charge on any atom is 0.416 e. The first-order valence-corrected chi connectivity index (χ1v) is 7.70. The van der Waals surface area contributed by atoms with Crippen molar-refractivity contribution in [2.24, 2.45) is 5.73 Å². The lowest BCUT2D eigenvalue weighted by molar-refractivity contribution is -0.137. The molecule has 0 saturated carbocycles. The first kappa shape index (κ1) is 19.6. The summed E-state index contributed by atoms with van der Waals surface area (Å²) in [4.78, 5) is 23.2. The van der Waals surface area contributed by atoms with E-state index in [1.807, 2.05) is 0 Å². The average Bonchev–Trinajstić information content (AvgIpc) is 2.56. The lowest BCUT2D eigenvalue weighted by atomic mass is 10.2. The summed E-state index contributed by atoms with van der Waals surface area (Å²) < 4.78 is 43.7. The van der Waals surface area contributed by atoms with Gasteiger partial charge in [0.15, 0.2) is 6.10 Å². The molecule has 2 aromatic rings. The van der Waals surface area contributed by atoms with Crippen molar-refractivity contribution in [2.75, 3.05) is 5.32 Å². The molecule has 0 bridgehead atoms. The fourth-order valence-electron chi connectivity index (χ4n) is 1.99. The van der Waals surface area contributed by atoms with Gasteiger partial charge < -0.3 is 15.8 Å². The number of carbonyl (C=O) groups is 2. The number of hydrogen-bond donors (Lipinski definition) is 2. The maximum atomic E-state index is 12.8. The number of benzene rings is 2. The first-order valence-electron chi connectivity index (χ1n) is 7.32. The van der Waals surface area contributed by atoms with Crippen LogP contribution in [0.4, 0.5) is 18.9 Å². The van der Waals surface area contributed by atoms with E-state index in [2.05, 4.69) is 5.32 Å². The average molecular weight is 387 g/mol. The molecule has 5 nitrogen and oxygen atoms in total. The summed E-state index contributed by atoms with van der Waals surface area (Å²) in [5.41, 5.74) is 4.28. The molecule has 9 heteroatoms. The highest BCUT2D eigenvalue weighted by Gasteiger charge is 2.31. The van der Waals surface area contributed by atoms with E-state index in [-0.39, 0.29) is 22.0 Å². The molecular weight excluding hydrogens is 373 g/mol. The van der Waals surface area contributed by atoms with Crippen LogP contribution >= 0.6 is 11.6 Å². The largest absolute Gasteiger partial charge is 0.481 e. The smallest absolute Gasteiger partial charge is 0.416 e. The Labute approximate surface area is 151 Å². The van der Waals surface area contributed by atoms with E-state index in [0.29, 0.717) is 0 Å². The van der Waals surface area contributed by atoms with Gasteiger partial charge in [-0.05, 0) is 49.4 Å². The number of carbonyl (C=O) groups excluding carboxylic acids is 2. The Bertz CT molecular complexity index is 823. The summed E-state index contributed by atoms with van der Waals surface area (Å²) in [6, 6.07) is 8.35. The summed E-state index contributed by atoms with van der Waals surface area (Å²) in [6.07, 6.45) is -5.59. The Hall–Kier alpha value is -2.74. The molecule has 0 aliphatic carbocycles. The molecular formula is C17H14ClF3N2O3. The van der Waals surface area contributed by atoms with Crippen LogP contribution in [0.2, 0.25) is 5.02 Å². The Morgan fingerprint density at radius 3 is 2.31 bits per heavy atom. The fraction of sp³-hybridized carbons (Fsp3) is 0.176. The molecule has 0 unspecified atom stereocenters. The van der Waals surface area contributed by atoms with Crippen LogP contribution in [-0.2, 0) is 11.0 Å². The summed E-state index contributed by atoms with van der Waals surface area (Å²) >= 11 is 5.84. The molecule has 1 atom stereocenters. The van der Waals surface area contributed by atoms with Gasteiger partial charge in [0.05, 0.1) is 16.3 Å². The van der Waals surface area contributed by atoms with E-state index >= 15 is 0 Å². The lowest BCUT2D eigenvalue weighted by Crippen LogP contribution is -2.30. The highest BCUT2D eigenvalue weighted by Crippen LogP contribution is 2.33. The summed E-state index contributed by atoms with van der Waals surface area (Å²) in [5.74, 6) is -1.01. The Morgan fingerprint density at radius 1 is 1.15 bits per heavy atom. The molecule has 138 valence electrons. The third kappa shape index (κ3) is 4.89. The van der Waals surface area contributed by atoms with Gasteiger partial charge in [0.1, 0.15) is 5.75 Å². The highest BCUT2D eigenvalue weighted by atomic mass is 35.5. The van der Waals surface area contributed by atoms with Gasteiger partial charge in [0.2, 0.25) is 5.91 Å². The summed E-state index contributed by atoms with van der Waals surface area (Å²) in [6.45, 7) is 1.42. The number of anilines is 1. The van der Waals surface area contributed by atoms with E-state index in [4.69, 9.17) is 22.1 Å². The number of halogens is 4. The van der Waals surface area contributed by atoms with Crippen LogP contribution in [0.25, 0.3) is 0 Å². The monoisotopic (exact) mass is 386 g/mol. The fourth-order valence-corrected chi connectivity index (χ4v) is 2.15.